The topological polar surface area (TPSA) is 35.5 Å². The molecule has 2 aliphatic rings. The van der Waals surface area contributed by atoms with Gasteiger partial charge in [-0.05, 0) is 49.8 Å². The maximum atomic E-state index is 10.5. The molecule has 19 heavy (non-hydrogen) atoms. The summed E-state index contributed by atoms with van der Waals surface area (Å²) in [6, 6.07) is 8.63. The van der Waals surface area contributed by atoms with E-state index in [4.69, 9.17) is 0 Å². The van der Waals surface area contributed by atoms with Crippen molar-refractivity contribution in [1.29, 1.82) is 0 Å². The monoisotopic (exact) mass is 260 g/mol. The van der Waals surface area contributed by atoms with Crippen molar-refractivity contribution in [2.45, 2.75) is 31.8 Å². The molecule has 2 atom stereocenters. The standard InChI is InChI=1S/C16H24N2O/c19-16(14-6-3-9-17-11-14)12-18-10-4-7-13-5-1-2-8-15(13)18/h1-2,5,8,14,16-17,19H,3-4,6-7,9-12H2. The Kier molecular flexibility index (Phi) is 4.04. The first-order chi connectivity index (χ1) is 9.34. The fraction of sp³-hybridized carbons (Fsp3) is 0.625. The van der Waals surface area contributed by atoms with E-state index < -0.39 is 0 Å². The summed E-state index contributed by atoms with van der Waals surface area (Å²) in [5, 5.41) is 13.9. The second-order valence-electron chi connectivity index (χ2n) is 5.85. The Morgan fingerprint density at radius 2 is 2.21 bits per heavy atom. The number of nitrogens with one attached hydrogen (secondary N) is 1. The number of β-amino-alcohol motifs (C(OH)–C–C–N with tert-alkyl or cyclic N) is 1. The molecule has 1 aromatic carbocycles. The lowest BCUT2D eigenvalue weighted by Crippen LogP contribution is -2.44. The van der Waals surface area contributed by atoms with Crippen LogP contribution in [0, 0.1) is 5.92 Å². The van der Waals surface area contributed by atoms with Crippen LogP contribution >= 0.6 is 0 Å². The van der Waals surface area contributed by atoms with Crippen LogP contribution in [0.4, 0.5) is 5.69 Å². The SMILES string of the molecule is OC(CN1CCCc2ccccc21)C1CCCNC1. The molecule has 0 spiro atoms. The van der Waals surface area contributed by atoms with Gasteiger partial charge in [-0.25, -0.2) is 0 Å². The summed E-state index contributed by atoms with van der Waals surface area (Å²) in [6.07, 6.45) is 4.52. The fourth-order valence-corrected chi connectivity index (χ4v) is 3.38. The molecule has 3 heteroatoms. The third-order valence-electron chi connectivity index (χ3n) is 4.49. The van der Waals surface area contributed by atoms with Gasteiger partial charge in [-0.1, -0.05) is 18.2 Å². The third kappa shape index (κ3) is 2.93. The lowest BCUT2D eigenvalue weighted by molar-refractivity contribution is 0.0968. The maximum Gasteiger partial charge on any atom is 0.0755 e. The number of para-hydroxylation sites is 1. The van der Waals surface area contributed by atoms with Gasteiger partial charge in [0.25, 0.3) is 0 Å². The van der Waals surface area contributed by atoms with Crippen LogP contribution in [-0.4, -0.2) is 37.4 Å². The summed E-state index contributed by atoms with van der Waals surface area (Å²) in [5.41, 5.74) is 2.76. The minimum absolute atomic E-state index is 0.209. The molecule has 3 rings (SSSR count). The molecule has 0 amide bonds. The van der Waals surface area contributed by atoms with Gasteiger partial charge in [0.1, 0.15) is 0 Å². The summed E-state index contributed by atoms with van der Waals surface area (Å²) >= 11 is 0. The first kappa shape index (κ1) is 12.9. The van der Waals surface area contributed by atoms with Gasteiger partial charge in [-0.2, -0.15) is 0 Å². The van der Waals surface area contributed by atoms with Crippen LogP contribution < -0.4 is 10.2 Å². The van der Waals surface area contributed by atoms with E-state index >= 15 is 0 Å². The van der Waals surface area contributed by atoms with E-state index in [2.05, 4.69) is 34.5 Å². The van der Waals surface area contributed by atoms with Crippen LogP contribution in [0.1, 0.15) is 24.8 Å². The van der Waals surface area contributed by atoms with Crippen molar-refractivity contribution in [2.24, 2.45) is 5.92 Å². The number of piperidine rings is 1. The van der Waals surface area contributed by atoms with Crippen molar-refractivity contribution in [1.82, 2.24) is 5.32 Å². The number of anilines is 1. The van der Waals surface area contributed by atoms with Gasteiger partial charge >= 0.3 is 0 Å². The molecule has 1 aromatic rings. The average molecular weight is 260 g/mol. The van der Waals surface area contributed by atoms with Crippen LogP contribution in [0.5, 0.6) is 0 Å². The molecule has 2 aliphatic heterocycles. The molecular weight excluding hydrogens is 236 g/mol. The highest BCUT2D eigenvalue weighted by Gasteiger charge is 2.25. The molecule has 2 heterocycles. The smallest absolute Gasteiger partial charge is 0.0755 e. The Morgan fingerprint density at radius 3 is 3.05 bits per heavy atom. The van der Waals surface area contributed by atoms with Crippen LogP contribution in [-0.2, 0) is 6.42 Å². The molecular formula is C16H24N2O. The lowest BCUT2D eigenvalue weighted by atomic mass is 9.92. The Balaban J connectivity index is 1.66. The molecule has 104 valence electrons. The van der Waals surface area contributed by atoms with Crippen LogP contribution in [0.15, 0.2) is 24.3 Å². The highest BCUT2D eigenvalue weighted by molar-refractivity contribution is 5.55. The minimum Gasteiger partial charge on any atom is -0.391 e. The Hall–Kier alpha value is -1.06. The number of aryl methyl sites for hydroxylation is 1. The number of fused-ring (bicyclic) bond motifs is 1. The van der Waals surface area contributed by atoms with Crippen molar-refractivity contribution >= 4 is 5.69 Å². The van der Waals surface area contributed by atoms with Gasteiger partial charge in [0, 0.05) is 25.3 Å². The largest absolute Gasteiger partial charge is 0.391 e. The Bertz CT molecular complexity index is 415. The minimum atomic E-state index is -0.209. The predicted octanol–water partition coefficient (Wildman–Crippen LogP) is 1.80. The normalized spacial score (nSPS) is 24.9. The van der Waals surface area contributed by atoms with E-state index in [-0.39, 0.29) is 6.10 Å². The van der Waals surface area contributed by atoms with E-state index in [1.807, 2.05) is 0 Å². The highest BCUT2D eigenvalue weighted by atomic mass is 16.3. The summed E-state index contributed by atoms with van der Waals surface area (Å²) in [7, 11) is 0. The van der Waals surface area contributed by atoms with Crippen LogP contribution in [0.25, 0.3) is 0 Å². The average Bonchev–Trinajstić information content (AvgIpc) is 2.48. The summed E-state index contributed by atoms with van der Waals surface area (Å²) in [4.78, 5) is 2.37. The first-order valence-electron chi connectivity index (χ1n) is 7.56. The number of aliphatic hydroxyl groups excluding tert-OH is 1. The summed E-state index contributed by atoms with van der Waals surface area (Å²) < 4.78 is 0. The zero-order valence-corrected chi connectivity index (χ0v) is 11.5. The van der Waals surface area contributed by atoms with E-state index in [1.165, 1.54) is 30.5 Å². The number of nitrogens with zero attached hydrogens (tertiary/aromatic N) is 1. The number of benzene rings is 1. The summed E-state index contributed by atoms with van der Waals surface area (Å²) in [6.45, 7) is 3.93. The van der Waals surface area contributed by atoms with E-state index in [1.54, 1.807) is 0 Å². The van der Waals surface area contributed by atoms with Gasteiger partial charge in [0.05, 0.1) is 6.10 Å². The van der Waals surface area contributed by atoms with Gasteiger partial charge in [-0.15, -0.1) is 0 Å². The predicted molar refractivity (Wildman–Crippen MR) is 78.6 cm³/mol. The maximum absolute atomic E-state index is 10.5. The Labute approximate surface area is 115 Å². The van der Waals surface area contributed by atoms with Crippen molar-refractivity contribution < 1.29 is 5.11 Å². The van der Waals surface area contributed by atoms with E-state index in [9.17, 15) is 5.11 Å². The van der Waals surface area contributed by atoms with Gasteiger partial charge < -0.3 is 15.3 Å². The third-order valence-corrected chi connectivity index (χ3v) is 4.49. The molecule has 0 aromatic heterocycles. The molecule has 3 nitrogen and oxygen atoms in total. The highest BCUT2D eigenvalue weighted by Crippen LogP contribution is 2.27. The molecule has 0 saturated carbocycles. The van der Waals surface area contributed by atoms with Gasteiger partial charge in [0.2, 0.25) is 0 Å². The zero-order valence-electron chi connectivity index (χ0n) is 11.5. The first-order valence-corrected chi connectivity index (χ1v) is 7.56. The molecule has 1 fully saturated rings. The van der Waals surface area contributed by atoms with Crippen LogP contribution in [0.3, 0.4) is 0 Å². The van der Waals surface area contributed by atoms with Crippen LogP contribution in [0.2, 0.25) is 0 Å². The number of hydrogen-bond acceptors (Lipinski definition) is 3. The second kappa shape index (κ2) is 5.93. The molecule has 0 bridgehead atoms. The summed E-state index contributed by atoms with van der Waals surface area (Å²) in [5.74, 6) is 0.419. The molecule has 2 N–H and O–H groups in total. The second-order valence-corrected chi connectivity index (χ2v) is 5.85. The van der Waals surface area contributed by atoms with Crippen molar-refractivity contribution in [3.8, 4) is 0 Å². The molecule has 2 unspecified atom stereocenters. The zero-order chi connectivity index (χ0) is 13.1. The molecule has 1 saturated heterocycles. The Morgan fingerprint density at radius 1 is 1.32 bits per heavy atom. The van der Waals surface area contributed by atoms with Crippen molar-refractivity contribution in [3.05, 3.63) is 29.8 Å². The lowest BCUT2D eigenvalue weighted by Gasteiger charge is -2.36. The van der Waals surface area contributed by atoms with Gasteiger partial charge in [0.15, 0.2) is 0 Å². The number of aliphatic hydroxyl groups is 1. The number of hydrogen-bond donors (Lipinski definition) is 2. The fourth-order valence-electron chi connectivity index (χ4n) is 3.38. The van der Waals surface area contributed by atoms with E-state index in [0.717, 1.165) is 32.6 Å². The van der Waals surface area contributed by atoms with E-state index in [0.29, 0.717) is 5.92 Å². The quantitative estimate of drug-likeness (QED) is 0.870. The molecule has 0 aliphatic carbocycles. The number of rotatable bonds is 3. The van der Waals surface area contributed by atoms with Gasteiger partial charge in [-0.3, -0.25) is 0 Å². The molecule has 0 radical (unpaired) electrons. The van der Waals surface area contributed by atoms with Crippen molar-refractivity contribution in [3.63, 3.8) is 0 Å². The van der Waals surface area contributed by atoms with Crippen molar-refractivity contribution in [2.75, 3.05) is 31.1 Å².